The van der Waals surface area contributed by atoms with Gasteiger partial charge in [-0.1, -0.05) is 6.07 Å². The Kier molecular flexibility index (Phi) is 4.53. The van der Waals surface area contributed by atoms with Crippen molar-refractivity contribution in [3.63, 3.8) is 0 Å². The second kappa shape index (κ2) is 6.83. The summed E-state index contributed by atoms with van der Waals surface area (Å²) in [5, 5.41) is 3.21. The molecule has 0 unspecified atom stereocenters. The molecular formula is C20H28N6. The van der Waals surface area contributed by atoms with Crippen LogP contribution in [0.3, 0.4) is 0 Å². The molecule has 1 aliphatic heterocycles. The standard InChI is InChI=1S/C20H28N6/c1-15-9-18(24-14-23-15)25(3)17-10-20(11-17)6-8-26(13-20)12-16-5-4-7-22-19(16)21-2/h4-5,7,9,14,17H,6,8,10-13H2,1-3H3,(H,21,22). The van der Waals surface area contributed by atoms with Gasteiger partial charge in [0.1, 0.15) is 18.0 Å². The van der Waals surface area contributed by atoms with Crippen LogP contribution in [0, 0.1) is 12.3 Å². The van der Waals surface area contributed by atoms with E-state index in [0.717, 1.165) is 23.9 Å². The highest BCUT2D eigenvalue weighted by Crippen LogP contribution is 2.50. The minimum absolute atomic E-state index is 0.489. The summed E-state index contributed by atoms with van der Waals surface area (Å²) in [6.45, 7) is 5.38. The third-order valence-corrected chi connectivity index (χ3v) is 6.08. The molecular weight excluding hydrogens is 324 g/mol. The zero-order valence-corrected chi connectivity index (χ0v) is 15.9. The van der Waals surface area contributed by atoms with Gasteiger partial charge in [0.15, 0.2) is 0 Å². The van der Waals surface area contributed by atoms with Crippen LogP contribution in [0.25, 0.3) is 0 Å². The largest absolute Gasteiger partial charge is 0.373 e. The van der Waals surface area contributed by atoms with E-state index < -0.39 is 0 Å². The van der Waals surface area contributed by atoms with Crippen molar-refractivity contribution in [2.45, 2.75) is 38.8 Å². The van der Waals surface area contributed by atoms with Crippen LogP contribution in [-0.4, -0.2) is 53.1 Å². The summed E-state index contributed by atoms with van der Waals surface area (Å²) in [6.07, 6.45) is 7.33. The van der Waals surface area contributed by atoms with Gasteiger partial charge in [0.2, 0.25) is 0 Å². The second-order valence-corrected chi connectivity index (χ2v) is 7.91. The van der Waals surface area contributed by atoms with Crippen LogP contribution in [0.15, 0.2) is 30.7 Å². The number of anilines is 2. The van der Waals surface area contributed by atoms with Crippen LogP contribution in [-0.2, 0) is 6.54 Å². The fraction of sp³-hybridized carbons (Fsp3) is 0.550. The first-order valence-electron chi connectivity index (χ1n) is 9.44. The molecule has 1 saturated carbocycles. The maximum atomic E-state index is 4.44. The summed E-state index contributed by atoms with van der Waals surface area (Å²) in [6, 6.07) is 6.88. The molecule has 0 aromatic carbocycles. The van der Waals surface area contributed by atoms with Gasteiger partial charge >= 0.3 is 0 Å². The van der Waals surface area contributed by atoms with Gasteiger partial charge in [0.25, 0.3) is 0 Å². The minimum Gasteiger partial charge on any atom is -0.373 e. The molecule has 2 fully saturated rings. The zero-order chi connectivity index (χ0) is 18.1. The van der Waals surface area contributed by atoms with Gasteiger partial charge in [-0.2, -0.15) is 0 Å². The van der Waals surface area contributed by atoms with E-state index in [-0.39, 0.29) is 0 Å². The van der Waals surface area contributed by atoms with Crippen LogP contribution in [0.4, 0.5) is 11.6 Å². The average Bonchev–Trinajstić information content (AvgIpc) is 3.04. The molecule has 6 nitrogen and oxygen atoms in total. The molecule has 0 atom stereocenters. The lowest BCUT2D eigenvalue weighted by molar-refractivity contribution is 0.107. The summed E-state index contributed by atoms with van der Waals surface area (Å²) in [4.78, 5) is 18.0. The normalized spacial score (nSPS) is 25.3. The Morgan fingerprint density at radius 2 is 2.15 bits per heavy atom. The molecule has 0 bridgehead atoms. The molecule has 1 spiro atoms. The highest BCUT2D eigenvalue weighted by Gasteiger charge is 2.49. The molecule has 2 aromatic rings. The molecule has 1 saturated heterocycles. The number of nitrogens with zero attached hydrogens (tertiary/aromatic N) is 5. The Bertz CT molecular complexity index is 770. The highest BCUT2D eigenvalue weighted by molar-refractivity contribution is 5.43. The number of pyridine rings is 1. The number of nitrogens with one attached hydrogen (secondary N) is 1. The van der Waals surface area contributed by atoms with E-state index in [1.807, 2.05) is 26.2 Å². The molecule has 2 aromatic heterocycles. The van der Waals surface area contributed by atoms with Crippen molar-refractivity contribution in [2.24, 2.45) is 5.41 Å². The lowest BCUT2D eigenvalue weighted by Gasteiger charge is -2.49. The van der Waals surface area contributed by atoms with E-state index in [1.165, 1.54) is 37.9 Å². The Labute approximate surface area is 155 Å². The number of likely N-dealkylation sites (tertiary alicyclic amines) is 1. The van der Waals surface area contributed by atoms with Crippen molar-refractivity contribution in [1.29, 1.82) is 0 Å². The predicted octanol–water partition coefficient (Wildman–Crippen LogP) is 2.71. The van der Waals surface area contributed by atoms with E-state index in [4.69, 9.17) is 0 Å². The number of hydrogen-bond acceptors (Lipinski definition) is 6. The van der Waals surface area contributed by atoms with Crippen molar-refractivity contribution in [1.82, 2.24) is 19.9 Å². The smallest absolute Gasteiger partial charge is 0.132 e. The van der Waals surface area contributed by atoms with Crippen LogP contribution < -0.4 is 10.2 Å². The quantitative estimate of drug-likeness (QED) is 0.893. The lowest BCUT2D eigenvalue weighted by atomic mass is 9.64. The zero-order valence-electron chi connectivity index (χ0n) is 15.9. The van der Waals surface area contributed by atoms with E-state index in [0.29, 0.717) is 11.5 Å². The van der Waals surface area contributed by atoms with Gasteiger partial charge in [-0.25, -0.2) is 15.0 Å². The average molecular weight is 352 g/mol. The summed E-state index contributed by atoms with van der Waals surface area (Å²) in [7, 11) is 4.11. The summed E-state index contributed by atoms with van der Waals surface area (Å²) in [5.41, 5.74) is 2.81. The van der Waals surface area contributed by atoms with Gasteiger partial charge in [-0.3, -0.25) is 4.90 Å². The monoisotopic (exact) mass is 352 g/mol. The molecule has 138 valence electrons. The van der Waals surface area contributed by atoms with Crippen molar-refractivity contribution in [2.75, 3.05) is 37.4 Å². The highest BCUT2D eigenvalue weighted by atomic mass is 15.2. The van der Waals surface area contributed by atoms with E-state index >= 15 is 0 Å². The van der Waals surface area contributed by atoms with Gasteiger partial charge < -0.3 is 10.2 Å². The molecule has 1 N–H and O–H groups in total. The van der Waals surface area contributed by atoms with Crippen molar-refractivity contribution < 1.29 is 0 Å². The first-order valence-corrected chi connectivity index (χ1v) is 9.44. The van der Waals surface area contributed by atoms with Crippen LogP contribution in [0.2, 0.25) is 0 Å². The summed E-state index contributed by atoms with van der Waals surface area (Å²) < 4.78 is 0. The number of aryl methyl sites for hydroxylation is 1. The minimum atomic E-state index is 0.489. The molecule has 1 aliphatic carbocycles. The molecule has 4 rings (SSSR count). The van der Waals surface area contributed by atoms with Gasteiger partial charge in [-0.15, -0.1) is 0 Å². The molecule has 2 aliphatic rings. The Hall–Kier alpha value is -2.21. The molecule has 6 heteroatoms. The Balaban J connectivity index is 1.35. The Morgan fingerprint density at radius 1 is 1.31 bits per heavy atom. The van der Waals surface area contributed by atoms with Crippen LogP contribution in [0.1, 0.15) is 30.5 Å². The van der Waals surface area contributed by atoms with E-state index in [2.05, 4.69) is 49.2 Å². The lowest BCUT2D eigenvalue weighted by Crippen LogP contribution is -2.51. The first kappa shape index (κ1) is 17.2. The van der Waals surface area contributed by atoms with Gasteiger partial charge in [0.05, 0.1) is 0 Å². The van der Waals surface area contributed by atoms with E-state index in [9.17, 15) is 0 Å². The predicted molar refractivity (Wildman–Crippen MR) is 104 cm³/mol. The van der Waals surface area contributed by atoms with Crippen molar-refractivity contribution in [3.05, 3.63) is 42.0 Å². The molecule has 26 heavy (non-hydrogen) atoms. The fourth-order valence-electron chi connectivity index (χ4n) is 4.56. The number of rotatable bonds is 5. The molecule has 3 heterocycles. The maximum absolute atomic E-state index is 4.44. The fourth-order valence-corrected chi connectivity index (χ4v) is 4.56. The Morgan fingerprint density at radius 3 is 2.92 bits per heavy atom. The second-order valence-electron chi connectivity index (χ2n) is 7.91. The maximum Gasteiger partial charge on any atom is 0.132 e. The molecule has 0 radical (unpaired) electrons. The van der Waals surface area contributed by atoms with Crippen LogP contribution >= 0.6 is 0 Å². The third kappa shape index (κ3) is 3.26. The molecule has 0 amide bonds. The summed E-state index contributed by atoms with van der Waals surface area (Å²) in [5.74, 6) is 2.04. The first-order chi connectivity index (χ1) is 12.6. The number of hydrogen-bond donors (Lipinski definition) is 1. The summed E-state index contributed by atoms with van der Waals surface area (Å²) >= 11 is 0. The van der Waals surface area contributed by atoms with Gasteiger partial charge in [-0.05, 0) is 44.2 Å². The van der Waals surface area contributed by atoms with Crippen molar-refractivity contribution in [3.8, 4) is 0 Å². The topological polar surface area (TPSA) is 57.2 Å². The number of aromatic nitrogens is 3. The van der Waals surface area contributed by atoms with Gasteiger partial charge in [0, 0.05) is 56.7 Å². The third-order valence-electron chi connectivity index (χ3n) is 6.08. The van der Waals surface area contributed by atoms with E-state index in [1.54, 1.807) is 6.33 Å². The van der Waals surface area contributed by atoms with Crippen molar-refractivity contribution >= 4 is 11.6 Å². The SMILES string of the molecule is CNc1ncccc1CN1CCC2(CC(N(C)c3cc(C)ncn3)C2)C1. The van der Waals surface area contributed by atoms with Crippen LogP contribution in [0.5, 0.6) is 0 Å².